The van der Waals surface area contributed by atoms with Gasteiger partial charge in [0.05, 0.1) is 12.5 Å². The number of pyridine rings is 1. The lowest BCUT2D eigenvalue weighted by Gasteiger charge is -2.11. The molecule has 8 heteroatoms. The van der Waals surface area contributed by atoms with Gasteiger partial charge in [0.1, 0.15) is 17.1 Å². The molecular formula is C9H5F5N2O. The fourth-order valence-corrected chi connectivity index (χ4v) is 1.13. The van der Waals surface area contributed by atoms with Gasteiger partial charge in [0.2, 0.25) is 0 Å². The summed E-state index contributed by atoms with van der Waals surface area (Å²) in [6, 6.07) is 1.85. The molecule has 0 aliphatic heterocycles. The maximum atomic E-state index is 12.3. The van der Waals surface area contributed by atoms with Gasteiger partial charge in [0.25, 0.3) is 6.43 Å². The van der Waals surface area contributed by atoms with Crippen LogP contribution in [0.5, 0.6) is 5.75 Å². The average Bonchev–Trinajstić information content (AvgIpc) is 2.19. The number of nitriles is 1. The molecule has 0 aliphatic rings. The molecule has 17 heavy (non-hydrogen) atoms. The number of nitrogens with zero attached hydrogens (tertiary/aromatic N) is 2. The van der Waals surface area contributed by atoms with Gasteiger partial charge in [0.15, 0.2) is 0 Å². The minimum atomic E-state index is -4.92. The van der Waals surface area contributed by atoms with Crippen LogP contribution < -0.4 is 0 Å². The van der Waals surface area contributed by atoms with Crippen molar-refractivity contribution in [3.63, 3.8) is 0 Å². The molecule has 3 nitrogen and oxygen atoms in total. The first-order valence-corrected chi connectivity index (χ1v) is 4.22. The number of hydrogen-bond donors (Lipinski definition) is 1. The molecule has 0 unspecified atom stereocenters. The highest BCUT2D eigenvalue weighted by atomic mass is 19.4. The molecule has 0 aliphatic carbocycles. The van der Waals surface area contributed by atoms with E-state index in [-0.39, 0.29) is 0 Å². The summed E-state index contributed by atoms with van der Waals surface area (Å²) in [7, 11) is 0. The van der Waals surface area contributed by atoms with Crippen LogP contribution in [0.4, 0.5) is 22.0 Å². The molecule has 0 saturated carbocycles. The highest BCUT2D eigenvalue weighted by Gasteiger charge is 2.35. The van der Waals surface area contributed by atoms with Gasteiger partial charge in [0, 0.05) is 5.56 Å². The Bertz CT molecular complexity index is 464. The summed E-state index contributed by atoms with van der Waals surface area (Å²) in [5, 5.41) is 17.5. The Morgan fingerprint density at radius 3 is 2.41 bits per heavy atom. The number of halogens is 5. The SMILES string of the molecule is N#CCc1cc(C(F)(F)F)nc(C(F)F)c1O. The Kier molecular flexibility index (Phi) is 3.50. The van der Waals surface area contributed by atoms with Crippen molar-refractivity contribution in [2.75, 3.05) is 0 Å². The van der Waals surface area contributed by atoms with E-state index in [9.17, 15) is 27.1 Å². The molecule has 0 spiro atoms. The van der Waals surface area contributed by atoms with Crippen LogP contribution in [-0.4, -0.2) is 10.1 Å². The van der Waals surface area contributed by atoms with Gasteiger partial charge in [-0.2, -0.15) is 18.4 Å². The van der Waals surface area contributed by atoms with Crippen LogP contribution in [0.25, 0.3) is 0 Å². The first kappa shape index (κ1) is 13.2. The summed E-state index contributed by atoms with van der Waals surface area (Å²) in [6.45, 7) is 0. The van der Waals surface area contributed by atoms with E-state index in [1.54, 1.807) is 0 Å². The third-order valence-electron chi connectivity index (χ3n) is 1.87. The van der Waals surface area contributed by atoms with Gasteiger partial charge in [-0.1, -0.05) is 0 Å². The van der Waals surface area contributed by atoms with E-state index in [0.717, 1.165) is 0 Å². The molecule has 0 radical (unpaired) electrons. The quantitative estimate of drug-likeness (QED) is 0.823. The molecule has 0 fully saturated rings. The predicted molar refractivity (Wildman–Crippen MR) is 45.2 cm³/mol. The van der Waals surface area contributed by atoms with E-state index in [4.69, 9.17) is 5.26 Å². The second kappa shape index (κ2) is 4.53. The first-order chi connectivity index (χ1) is 7.77. The molecule has 1 rings (SSSR count). The van der Waals surface area contributed by atoms with Crippen LogP contribution in [0, 0.1) is 11.3 Å². The highest BCUT2D eigenvalue weighted by molar-refractivity contribution is 5.40. The van der Waals surface area contributed by atoms with Crippen molar-refractivity contribution in [3.05, 3.63) is 23.0 Å². The van der Waals surface area contributed by atoms with E-state index in [0.29, 0.717) is 6.07 Å². The van der Waals surface area contributed by atoms with Crippen molar-refractivity contribution in [2.45, 2.75) is 19.0 Å². The van der Waals surface area contributed by atoms with E-state index >= 15 is 0 Å². The van der Waals surface area contributed by atoms with Crippen molar-refractivity contribution in [1.29, 1.82) is 5.26 Å². The topological polar surface area (TPSA) is 56.9 Å². The van der Waals surface area contributed by atoms with Crippen molar-refractivity contribution in [1.82, 2.24) is 4.98 Å². The van der Waals surface area contributed by atoms with Crippen molar-refractivity contribution in [3.8, 4) is 11.8 Å². The Morgan fingerprint density at radius 2 is 2.00 bits per heavy atom. The van der Waals surface area contributed by atoms with Crippen LogP contribution in [0.3, 0.4) is 0 Å². The number of aromatic nitrogens is 1. The van der Waals surface area contributed by atoms with Gasteiger partial charge < -0.3 is 5.11 Å². The predicted octanol–water partition coefficient (Wildman–Crippen LogP) is 2.81. The zero-order valence-electron chi connectivity index (χ0n) is 8.09. The van der Waals surface area contributed by atoms with Crippen LogP contribution in [0.15, 0.2) is 6.07 Å². The molecule has 92 valence electrons. The smallest absolute Gasteiger partial charge is 0.433 e. The number of rotatable bonds is 2. The molecule has 0 amide bonds. The summed E-state index contributed by atoms with van der Waals surface area (Å²) in [5.74, 6) is -1.07. The first-order valence-electron chi connectivity index (χ1n) is 4.22. The third-order valence-corrected chi connectivity index (χ3v) is 1.87. The zero-order chi connectivity index (χ0) is 13.2. The van der Waals surface area contributed by atoms with Gasteiger partial charge in [-0.05, 0) is 6.07 Å². The minimum absolute atomic E-state index is 0.379. The second-order valence-corrected chi connectivity index (χ2v) is 3.03. The average molecular weight is 252 g/mol. The van der Waals surface area contributed by atoms with Gasteiger partial charge in [-0.25, -0.2) is 13.8 Å². The van der Waals surface area contributed by atoms with Crippen molar-refractivity contribution >= 4 is 0 Å². The van der Waals surface area contributed by atoms with E-state index in [2.05, 4.69) is 4.98 Å². The zero-order valence-corrected chi connectivity index (χ0v) is 8.09. The van der Waals surface area contributed by atoms with Crippen LogP contribution >= 0.6 is 0 Å². The molecular weight excluding hydrogens is 247 g/mol. The lowest BCUT2D eigenvalue weighted by Crippen LogP contribution is -2.11. The number of alkyl halides is 5. The molecule has 0 atom stereocenters. The summed E-state index contributed by atoms with van der Waals surface area (Å²) in [6.07, 6.45) is -8.88. The summed E-state index contributed by atoms with van der Waals surface area (Å²) >= 11 is 0. The monoisotopic (exact) mass is 252 g/mol. The third kappa shape index (κ3) is 2.81. The normalized spacial score (nSPS) is 11.6. The molecule has 1 heterocycles. The van der Waals surface area contributed by atoms with Gasteiger partial charge in [-0.3, -0.25) is 0 Å². The van der Waals surface area contributed by atoms with Crippen molar-refractivity contribution in [2.24, 2.45) is 0 Å². The fourth-order valence-electron chi connectivity index (χ4n) is 1.13. The molecule has 0 saturated heterocycles. The van der Waals surface area contributed by atoms with E-state index in [1.165, 1.54) is 6.07 Å². The lowest BCUT2D eigenvalue weighted by atomic mass is 10.1. The van der Waals surface area contributed by atoms with Gasteiger partial charge >= 0.3 is 6.18 Å². The largest absolute Gasteiger partial charge is 0.505 e. The molecule has 1 aromatic heterocycles. The Morgan fingerprint density at radius 1 is 1.41 bits per heavy atom. The van der Waals surface area contributed by atoms with Crippen LogP contribution in [0.2, 0.25) is 0 Å². The molecule has 0 bridgehead atoms. The minimum Gasteiger partial charge on any atom is -0.505 e. The standard InChI is InChI=1S/C9H5F5N2O/c10-8(11)6-7(17)4(1-2-15)3-5(16-6)9(12,13)14/h3,8,17H,1H2. The van der Waals surface area contributed by atoms with E-state index < -0.39 is 41.7 Å². The maximum absolute atomic E-state index is 12.3. The summed E-state index contributed by atoms with van der Waals surface area (Å²) in [5.41, 5.74) is -3.45. The Labute approximate surface area is 92.1 Å². The molecule has 0 aromatic carbocycles. The van der Waals surface area contributed by atoms with Gasteiger partial charge in [-0.15, -0.1) is 0 Å². The molecule has 1 aromatic rings. The maximum Gasteiger partial charge on any atom is 0.433 e. The highest BCUT2D eigenvalue weighted by Crippen LogP contribution is 2.35. The van der Waals surface area contributed by atoms with Crippen LogP contribution in [0.1, 0.15) is 23.4 Å². The Balaban J connectivity index is 3.43. The lowest BCUT2D eigenvalue weighted by molar-refractivity contribution is -0.141. The number of aromatic hydroxyl groups is 1. The summed E-state index contributed by atoms with van der Waals surface area (Å²) < 4.78 is 61.6. The molecule has 1 N–H and O–H groups in total. The Hall–Kier alpha value is -1.91. The number of hydrogen-bond acceptors (Lipinski definition) is 3. The van der Waals surface area contributed by atoms with Crippen LogP contribution in [-0.2, 0) is 12.6 Å². The van der Waals surface area contributed by atoms with E-state index in [1.807, 2.05) is 0 Å². The fraction of sp³-hybridized carbons (Fsp3) is 0.333. The summed E-state index contributed by atoms with van der Waals surface area (Å²) in [4.78, 5) is 2.65. The van der Waals surface area contributed by atoms with Crippen molar-refractivity contribution < 1.29 is 27.1 Å². The second-order valence-electron chi connectivity index (χ2n) is 3.03.